The average Bonchev–Trinajstić information content (AvgIpc) is 3.06. The number of amides is 1. The maximum Gasteiger partial charge on any atom is 0.233 e. The number of nitrogens with zero attached hydrogens (tertiary/aromatic N) is 1. The van der Waals surface area contributed by atoms with Crippen LogP contribution in [0.3, 0.4) is 0 Å². The summed E-state index contributed by atoms with van der Waals surface area (Å²) in [6.45, 7) is 5.82. The highest BCUT2D eigenvalue weighted by atomic mass is 32.2. The number of imidazole rings is 1. The summed E-state index contributed by atoms with van der Waals surface area (Å²) in [7, 11) is 0. The molecule has 1 aromatic heterocycles. The Hall–Kier alpha value is -2.53. The molecule has 5 heteroatoms. The third kappa shape index (κ3) is 4.35. The normalized spacial score (nSPS) is 12.2. The van der Waals surface area contributed by atoms with Gasteiger partial charge >= 0.3 is 0 Å². The minimum Gasteiger partial charge on any atom is -0.353 e. The molecule has 0 saturated carbocycles. The zero-order chi connectivity index (χ0) is 18.5. The summed E-state index contributed by atoms with van der Waals surface area (Å²) in [4.78, 5) is 20.4. The number of aromatic nitrogens is 2. The van der Waals surface area contributed by atoms with Gasteiger partial charge in [-0.1, -0.05) is 72.4 Å². The van der Waals surface area contributed by atoms with Crippen LogP contribution in [0, 0.1) is 0 Å². The van der Waals surface area contributed by atoms with Gasteiger partial charge in [-0.3, -0.25) is 4.79 Å². The molecule has 0 radical (unpaired) electrons. The first-order valence-corrected chi connectivity index (χ1v) is 9.60. The van der Waals surface area contributed by atoms with Crippen LogP contribution >= 0.6 is 11.8 Å². The molecular formula is C21H23N3OS. The van der Waals surface area contributed by atoms with Crippen molar-refractivity contribution in [3.05, 3.63) is 60.7 Å². The van der Waals surface area contributed by atoms with Gasteiger partial charge in [0.05, 0.1) is 16.6 Å². The van der Waals surface area contributed by atoms with Crippen molar-refractivity contribution in [2.45, 2.75) is 37.2 Å². The van der Waals surface area contributed by atoms with Gasteiger partial charge in [0.15, 0.2) is 5.16 Å². The summed E-state index contributed by atoms with van der Waals surface area (Å²) in [5.74, 6) is 0.0175. The van der Waals surface area contributed by atoms with E-state index in [1.165, 1.54) is 11.8 Å². The van der Waals surface area contributed by atoms with Crippen LogP contribution in [0.15, 0.2) is 65.8 Å². The SMILES string of the molecule is CC(C)NC(=O)[C@H](C)Sc1nc(-c2ccccc2)c(-c2ccccc2)[nH]1. The monoisotopic (exact) mass is 365 g/mol. The summed E-state index contributed by atoms with van der Waals surface area (Å²) < 4.78 is 0. The maximum absolute atomic E-state index is 12.2. The lowest BCUT2D eigenvalue weighted by Crippen LogP contribution is -2.35. The van der Waals surface area contributed by atoms with Gasteiger partial charge in [-0.2, -0.15) is 0 Å². The lowest BCUT2D eigenvalue weighted by Gasteiger charge is -2.12. The molecule has 1 atom stereocenters. The molecule has 134 valence electrons. The molecular weight excluding hydrogens is 342 g/mol. The van der Waals surface area contributed by atoms with E-state index in [1.807, 2.05) is 69.3 Å². The van der Waals surface area contributed by atoms with Crippen molar-refractivity contribution < 1.29 is 4.79 Å². The van der Waals surface area contributed by atoms with E-state index < -0.39 is 0 Å². The highest BCUT2D eigenvalue weighted by molar-refractivity contribution is 8.00. The third-order valence-corrected chi connectivity index (χ3v) is 4.86. The van der Waals surface area contributed by atoms with Crippen molar-refractivity contribution >= 4 is 17.7 Å². The molecule has 26 heavy (non-hydrogen) atoms. The highest BCUT2D eigenvalue weighted by Gasteiger charge is 2.20. The molecule has 2 N–H and O–H groups in total. The van der Waals surface area contributed by atoms with Crippen LogP contribution in [0.4, 0.5) is 0 Å². The van der Waals surface area contributed by atoms with Crippen LogP contribution in [0.5, 0.6) is 0 Å². The number of aromatic amines is 1. The minimum atomic E-state index is -0.226. The smallest absolute Gasteiger partial charge is 0.233 e. The first-order valence-electron chi connectivity index (χ1n) is 8.72. The Morgan fingerprint density at radius 3 is 2.12 bits per heavy atom. The molecule has 0 aliphatic heterocycles. The number of carbonyl (C=O) groups is 1. The zero-order valence-corrected chi connectivity index (χ0v) is 16.0. The van der Waals surface area contributed by atoms with Gasteiger partial charge in [0, 0.05) is 17.2 Å². The second kappa shape index (κ2) is 8.23. The summed E-state index contributed by atoms with van der Waals surface area (Å²) >= 11 is 1.44. The second-order valence-corrected chi connectivity index (χ2v) is 7.75. The van der Waals surface area contributed by atoms with E-state index >= 15 is 0 Å². The van der Waals surface area contributed by atoms with Crippen LogP contribution in [0.25, 0.3) is 22.5 Å². The average molecular weight is 366 g/mol. The fourth-order valence-electron chi connectivity index (χ4n) is 2.65. The number of carbonyl (C=O) groups excluding carboxylic acids is 1. The summed E-state index contributed by atoms with van der Waals surface area (Å²) in [5, 5.41) is 3.46. The Balaban J connectivity index is 1.93. The number of hydrogen-bond donors (Lipinski definition) is 2. The van der Waals surface area contributed by atoms with E-state index in [0.29, 0.717) is 0 Å². The molecule has 1 heterocycles. The first-order chi connectivity index (χ1) is 12.5. The minimum absolute atomic E-state index is 0.0175. The quantitative estimate of drug-likeness (QED) is 0.620. The lowest BCUT2D eigenvalue weighted by atomic mass is 10.1. The molecule has 0 fully saturated rings. The predicted octanol–water partition coefficient (Wildman–Crippen LogP) is 4.75. The van der Waals surface area contributed by atoms with E-state index in [4.69, 9.17) is 4.98 Å². The molecule has 4 nitrogen and oxygen atoms in total. The number of nitrogens with one attached hydrogen (secondary N) is 2. The van der Waals surface area contributed by atoms with Gasteiger partial charge in [-0.15, -0.1) is 0 Å². The summed E-state index contributed by atoms with van der Waals surface area (Å²) in [5.41, 5.74) is 3.99. The van der Waals surface area contributed by atoms with Crippen LogP contribution in [-0.2, 0) is 4.79 Å². The van der Waals surface area contributed by atoms with E-state index in [1.54, 1.807) is 0 Å². The molecule has 0 spiro atoms. The third-order valence-electron chi connectivity index (χ3n) is 3.88. The Morgan fingerprint density at radius 1 is 0.962 bits per heavy atom. The van der Waals surface area contributed by atoms with Crippen molar-refractivity contribution in [1.29, 1.82) is 0 Å². The zero-order valence-electron chi connectivity index (χ0n) is 15.2. The first kappa shape index (κ1) is 18.3. The second-order valence-electron chi connectivity index (χ2n) is 6.42. The molecule has 1 amide bonds. The summed E-state index contributed by atoms with van der Waals surface area (Å²) in [6.07, 6.45) is 0. The molecule has 0 aliphatic rings. The van der Waals surface area contributed by atoms with Crippen molar-refractivity contribution in [3.63, 3.8) is 0 Å². The van der Waals surface area contributed by atoms with Crippen molar-refractivity contribution in [1.82, 2.24) is 15.3 Å². The van der Waals surface area contributed by atoms with Crippen LogP contribution in [-0.4, -0.2) is 27.2 Å². The highest BCUT2D eigenvalue weighted by Crippen LogP contribution is 2.33. The van der Waals surface area contributed by atoms with E-state index in [0.717, 1.165) is 27.7 Å². The standard InChI is InChI=1S/C21H23N3OS/c1-14(2)22-20(25)15(3)26-21-23-18(16-10-6-4-7-11-16)19(24-21)17-12-8-5-9-13-17/h4-15H,1-3H3,(H,22,25)(H,23,24)/t15-/m0/s1. The van der Waals surface area contributed by atoms with Gasteiger partial charge in [-0.25, -0.2) is 4.98 Å². The molecule has 3 aromatic rings. The Bertz CT molecular complexity index is 802. The van der Waals surface area contributed by atoms with Crippen LogP contribution in [0.1, 0.15) is 20.8 Å². The fraction of sp³-hybridized carbons (Fsp3) is 0.238. The molecule has 3 rings (SSSR count). The molecule has 0 saturated heterocycles. The van der Waals surface area contributed by atoms with Gasteiger partial charge in [0.2, 0.25) is 5.91 Å². The number of benzene rings is 2. The maximum atomic E-state index is 12.2. The largest absolute Gasteiger partial charge is 0.353 e. The van der Waals surface area contributed by atoms with Crippen LogP contribution in [0.2, 0.25) is 0 Å². The van der Waals surface area contributed by atoms with Gasteiger partial charge < -0.3 is 10.3 Å². The van der Waals surface area contributed by atoms with E-state index in [9.17, 15) is 4.79 Å². The van der Waals surface area contributed by atoms with Gasteiger partial charge in [-0.05, 0) is 20.8 Å². The van der Waals surface area contributed by atoms with Crippen LogP contribution < -0.4 is 5.32 Å². The summed E-state index contributed by atoms with van der Waals surface area (Å²) in [6, 6.07) is 20.4. The molecule has 0 unspecified atom stereocenters. The molecule has 0 aliphatic carbocycles. The Morgan fingerprint density at radius 2 is 1.54 bits per heavy atom. The predicted molar refractivity (Wildman–Crippen MR) is 108 cm³/mol. The van der Waals surface area contributed by atoms with Crippen molar-refractivity contribution in [3.8, 4) is 22.5 Å². The van der Waals surface area contributed by atoms with Crippen molar-refractivity contribution in [2.24, 2.45) is 0 Å². The molecule has 0 bridgehead atoms. The number of rotatable bonds is 6. The fourth-order valence-corrected chi connectivity index (χ4v) is 3.46. The Labute approximate surface area is 158 Å². The van der Waals surface area contributed by atoms with Gasteiger partial charge in [0.25, 0.3) is 0 Å². The van der Waals surface area contributed by atoms with Crippen molar-refractivity contribution in [2.75, 3.05) is 0 Å². The van der Waals surface area contributed by atoms with Gasteiger partial charge in [0.1, 0.15) is 0 Å². The van der Waals surface area contributed by atoms with E-state index in [-0.39, 0.29) is 17.2 Å². The lowest BCUT2D eigenvalue weighted by molar-refractivity contribution is -0.120. The number of H-pyrrole nitrogens is 1. The molecule has 2 aromatic carbocycles. The van der Waals surface area contributed by atoms with E-state index in [2.05, 4.69) is 22.4 Å². The Kier molecular flexibility index (Phi) is 5.78. The number of hydrogen-bond acceptors (Lipinski definition) is 3. The topological polar surface area (TPSA) is 57.8 Å². The number of thioether (sulfide) groups is 1.